The van der Waals surface area contributed by atoms with Gasteiger partial charge in [-0.2, -0.15) is 5.10 Å². The minimum absolute atomic E-state index is 0.427. The number of aliphatic imine (C=N–C) groups is 1. The van der Waals surface area contributed by atoms with Crippen molar-refractivity contribution in [2.45, 2.75) is 26.4 Å². The highest BCUT2D eigenvalue weighted by molar-refractivity contribution is 8.14. The molecule has 1 aliphatic rings. The summed E-state index contributed by atoms with van der Waals surface area (Å²) in [5.41, 5.74) is 0. The number of hydrogen-bond donors (Lipinski definition) is 1. The standard InChI is InChI=1S/C9H14N4S/c1-3-13-5-4-8(12-13)11-9-10-7(2)6-14-9/h4-5,7H,3,6H2,1-2H3,(H,10,11,12). The molecule has 0 spiro atoms. The van der Waals surface area contributed by atoms with E-state index < -0.39 is 0 Å². The first-order chi connectivity index (χ1) is 6.78. The van der Waals surface area contributed by atoms with Gasteiger partial charge in [-0.3, -0.25) is 9.67 Å². The van der Waals surface area contributed by atoms with E-state index in [2.05, 4.69) is 29.3 Å². The fourth-order valence-corrected chi connectivity index (χ4v) is 2.16. The average Bonchev–Trinajstić information content (AvgIpc) is 2.76. The Hall–Kier alpha value is -0.970. The van der Waals surface area contributed by atoms with Crippen LogP contribution in [-0.4, -0.2) is 26.7 Å². The molecule has 4 nitrogen and oxygen atoms in total. The van der Waals surface area contributed by atoms with Gasteiger partial charge in [0.25, 0.3) is 0 Å². The van der Waals surface area contributed by atoms with Gasteiger partial charge >= 0.3 is 0 Å². The Morgan fingerprint density at radius 3 is 3.14 bits per heavy atom. The van der Waals surface area contributed by atoms with Crippen molar-refractivity contribution in [3.05, 3.63) is 12.3 Å². The Balaban J connectivity index is 2.00. The van der Waals surface area contributed by atoms with Crippen LogP contribution in [0.1, 0.15) is 13.8 Å². The van der Waals surface area contributed by atoms with Gasteiger partial charge in [0.15, 0.2) is 11.0 Å². The van der Waals surface area contributed by atoms with Gasteiger partial charge in [0.05, 0.1) is 6.04 Å². The van der Waals surface area contributed by atoms with Crippen molar-refractivity contribution in [2.24, 2.45) is 4.99 Å². The average molecular weight is 210 g/mol. The molecule has 0 fully saturated rings. The number of aromatic nitrogens is 2. The third kappa shape index (κ3) is 2.09. The number of anilines is 1. The molecule has 0 bridgehead atoms. The number of thioether (sulfide) groups is 1. The summed E-state index contributed by atoms with van der Waals surface area (Å²) >= 11 is 1.75. The van der Waals surface area contributed by atoms with Crippen LogP contribution in [0.4, 0.5) is 5.82 Å². The molecule has 0 saturated carbocycles. The Kier molecular flexibility index (Phi) is 2.77. The Bertz CT molecular complexity index is 344. The van der Waals surface area contributed by atoms with Crippen molar-refractivity contribution in [1.29, 1.82) is 0 Å². The molecule has 0 aromatic carbocycles. The SMILES string of the molecule is CCn1ccc(NC2=NC(C)CS2)n1. The van der Waals surface area contributed by atoms with E-state index in [1.54, 1.807) is 11.8 Å². The number of rotatable bonds is 2. The second-order valence-corrected chi connectivity index (χ2v) is 4.28. The molecule has 2 rings (SSSR count). The molecule has 2 heterocycles. The summed E-state index contributed by atoms with van der Waals surface area (Å²) in [6.07, 6.45) is 1.96. The molecular formula is C9H14N4S. The Labute approximate surface area is 87.8 Å². The first-order valence-electron chi connectivity index (χ1n) is 4.79. The lowest BCUT2D eigenvalue weighted by atomic mass is 10.4. The van der Waals surface area contributed by atoms with Gasteiger partial charge in [-0.15, -0.1) is 0 Å². The van der Waals surface area contributed by atoms with Gasteiger partial charge in [-0.25, -0.2) is 0 Å². The lowest BCUT2D eigenvalue weighted by Crippen LogP contribution is -2.06. The fourth-order valence-electron chi connectivity index (χ4n) is 1.26. The summed E-state index contributed by atoms with van der Waals surface area (Å²) in [6, 6.07) is 2.39. The van der Waals surface area contributed by atoms with E-state index in [1.807, 2.05) is 16.9 Å². The molecule has 76 valence electrons. The minimum atomic E-state index is 0.427. The number of nitrogens with zero attached hydrogens (tertiary/aromatic N) is 3. The predicted octanol–water partition coefficient (Wildman–Crippen LogP) is 1.81. The molecule has 0 radical (unpaired) electrons. The van der Waals surface area contributed by atoms with Crippen LogP contribution in [0.15, 0.2) is 17.3 Å². The minimum Gasteiger partial charge on any atom is -0.318 e. The van der Waals surface area contributed by atoms with E-state index in [9.17, 15) is 0 Å². The van der Waals surface area contributed by atoms with Crippen molar-refractivity contribution in [1.82, 2.24) is 9.78 Å². The van der Waals surface area contributed by atoms with Crippen LogP contribution >= 0.6 is 11.8 Å². The lowest BCUT2D eigenvalue weighted by Gasteiger charge is -1.99. The highest BCUT2D eigenvalue weighted by Gasteiger charge is 2.14. The predicted molar refractivity (Wildman–Crippen MR) is 60.9 cm³/mol. The van der Waals surface area contributed by atoms with E-state index in [4.69, 9.17) is 0 Å². The normalized spacial score (nSPS) is 21.0. The largest absolute Gasteiger partial charge is 0.318 e. The first-order valence-corrected chi connectivity index (χ1v) is 5.77. The van der Waals surface area contributed by atoms with E-state index in [0.717, 1.165) is 23.3 Å². The molecule has 1 aliphatic heterocycles. The summed E-state index contributed by atoms with van der Waals surface area (Å²) in [6.45, 7) is 5.09. The molecule has 1 N–H and O–H groups in total. The van der Waals surface area contributed by atoms with E-state index in [-0.39, 0.29) is 0 Å². The molecule has 14 heavy (non-hydrogen) atoms. The number of hydrogen-bond acceptors (Lipinski definition) is 4. The van der Waals surface area contributed by atoms with Gasteiger partial charge in [-0.1, -0.05) is 11.8 Å². The van der Waals surface area contributed by atoms with Crippen LogP contribution in [0.5, 0.6) is 0 Å². The number of amidine groups is 1. The molecule has 1 atom stereocenters. The van der Waals surface area contributed by atoms with Crippen molar-refractivity contribution in [3.8, 4) is 0 Å². The summed E-state index contributed by atoms with van der Waals surface area (Å²) in [5, 5.41) is 8.52. The topological polar surface area (TPSA) is 42.2 Å². The quantitative estimate of drug-likeness (QED) is 0.809. The summed E-state index contributed by atoms with van der Waals surface area (Å²) in [7, 11) is 0. The zero-order chi connectivity index (χ0) is 9.97. The maximum Gasteiger partial charge on any atom is 0.162 e. The van der Waals surface area contributed by atoms with Crippen LogP contribution in [0.2, 0.25) is 0 Å². The first kappa shape index (κ1) is 9.58. The summed E-state index contributed by atoms with van der Waals surface area (Å²) < 4.78 is 1.89. The Morgan fingerprint density at radius 1 is 1.71 bits per heavy atom. The maximum absolute atomic E-state index is 4.44. The van der Waals surface area contributed by atoms with Gasteiger partial charge in [-0.05, 0) is 13.8 Å². The van der Waals surface area contributed by atoms with E-state index in [0.29, 0.717) is 6.04 Å². The van der Waals surface area contributed by atoms with Crippen LogP contribution in [0.25, 0.3) is 0 Å². The van der Waals surface area contributed by atoms with Crippen LogP contribution in [0, 0.1) is 0 Å². The van der Waals surface area contributed by atoms with E-state index in [1.165, 1.54) is 0 Å². The van der Waals surface area contributed by atoms with Gasteiger partial charge in [0, 0.05) is 24.6 Å². The summed E-state index contributed by atoms with van der Waals surface area (Å²) in [4.78, 5) is 4.44. The fraction of sp³-hybridized carbons (Fsp3) is 0.556. The molecular weight excluding hydrogens is 196 g/mol. The highest BCUT2D eigenvalue weighted by atomic mass is 32.2. The molecule has 0 aliphatic carbocycles. The zero-order valence-corrected chi connectivity index (χ0v) is 9.21. The Morgan fingerprint density at radius 2 is 2.57 bits per heavy atom. The van der Waals surface area contributed by atoms with Crippen LogP contribution < -0.4 is 5.32 Å². The third-order valence-electron chi connectivity index (χ3n) is 2.00. The third-order valence-corrected chi connectivity index (χ3v) is 3.13. The molecule has 1 unspecified atom stereocenters. The maximum atomic E-state index is 4.44. The zero-order valence-electron chi connectivity index (χ0n) is 8.40. The smallest absolute Gasteiger partial charge is 0.162 e. The molecule has 1 aromatic rings. The van der Waals surface area contributed by atoms with Gasteiger partial charge < -0.3 is 5.32 Å². The molecule has 1 aromatic heterocycles. The summed E-state index contributed by atoms with van der Waals surface area (Å²) in [5.74, 6) is 1.95. The van der Waals surface area contributed by atoms with Crippen molar-refractivity contribution >= 4 is 22.7 Å². The second-order valence-electron chi connectivity index (χ2n) is 3.28. The van der Waals surface area contributed by atoms with Gasteiger partial charge in [0.1, 0.15) is 0 Å². The number of nitrogens with one attached hydrogen (secondary N) is 1. The second kappa shape index (κ2) is 4.04. The monoisotopic (exact) mass is 210 g/mol. The van der Waals surface area contributed by atoms with Crippen LogP contribution in [0.3, 0.4) is 0 Å². The lowest BCUT2D eigenvalue weighted by molar-refractivity contribution is 0.662. The number of aryl methyl sites for hydroxylation is 1. The molecule has 0 saturated heterocycles. The van der Waals surface area contributed by atoms with E-state index >= 15 is 0 Å². The van der Waals surface area contributed by atoms with Crippen molar-refractivity contribution < 1.29 is 0 Å². The van der Waals surface area contributed by atoms with Gasteiger partial charge in [0.2, 0.25) is 0 Å². The van der Waals surface area contributed by atoms with Crippen molar-refractivity contribution in [3.63, 3.8) is 0 Å². The highest BCUT2D eigenvalue weighted by Crippen LogP contribution is 2.18. The van der Waals surface area contributed by atoms with Crippen molar-refractivity contribution in [2.75, 3.05) is 11.1 Å². The molecule has 5 heteroatoms. The molecule has 0 amide bonds. The van der Waals surface area contributed by atoms with Crippen LogP contribution in [-0.2, 0) is 6.54 Å².